The molecule has 1 aliphatic carbocycles. The molecule has 0 radical (unpaired) electrons. The van der Waals surface area contributed by atoms with E-state index in [0.717, 1.165) is 50.1 Å². The molecule has 2 saturated heterocycles. The van der Waals surface area contributed by atoms with Gasteiger partial charge in [0, 0.05) is 12.6 Å². The van der Waals surface area contributed by atoms with E-state index in [2.05, 4.69) is 22.9 Å². The summed E-state index contributed by atoms with van der Waals surface area (Å²) in [7, 11) is 0. The third kappa shape index (κ3) is 3.41. The van der Waals surface area contributed by atoms with Gasteiger partial charge in [0.15, 0.2) is 0 Å². The second-order valence-electron chi connectivity index (χ2n) is 7.37. The Hall–Kier alpha value is -1.63. The maximum absolute atomic E-state index is 12.8. The Morgan fingerprint density at radius 2 is 2.04 bits per heavy atom. The Morgan fingerprint density at radius 1 is 1.29 bits per heavy atom. The SMILES string of the molecule is CCC1CCC2(CC1)NC(=O)N(CC(=O)NC1CCCNC1)C2=O. The van der Waals surface area contributed by atoms with Crippen molar-refractivity contribution in [3.8, 4) is 0 Å². The van der Waals surface area contributed by atoms with Crippen LogP contribution in [0, 0.1) is 5.92 Å². The highest BCUT2D eigenvalue weighted by Gasteiger charge is 2.52. The number of hydrogen-bond donors (Lipinski definition) is 3. The molecule has 3 N–H and O–H groups in total. The molecule has 4 amide bonds. The second kappa shape index (κ2) is 7.09. The number of carbonyl (C=O) groups excluding carboxylic acids is 3. The topological polar surface area (TPSA) is 90.5 Å². The second-order valence-corrected chi connectivity index (χ2v) is 7.37. The van der Waals surface area contributed by atoms with Crippen molar-refractivity contribution in [2.75, 3.05) is 19.6 Å². The lowest BCUT2D eigenvalue weighted by atomic mass is 9.75. The number of carbonyl (C=O) groups is 3. The summed E-state index contributed by atoms with van der Waals surface area (Å²) in [4.78, 5) is 38.3. The van der Waals surface area contributed by atoms with Crippen molar-refractivity contribution in [2.24, 2.45) is 5.92 Å². The fourth-order valence-electron chi connectivity index (χ4n) is 4.13. The standard InChI is InChI=1S/C17H28N4O3/c1-2-12-5-7-17(8-6-12)15(23)21(16(24)20-17)11-14(22)19-13-4-3-9-18-10-13/h12-13,18H,2-11H2,1H3,(H,19,22)(H,20,24). The highest BCUT2D eigenvalue weighted by atomic mass is 16.2. The zero-order chi connectivity index (χ0) is 17.2. The molecular formula is C17H28N4O3. The van der Waals surface area contributed by atoms with Crippen molar-refractivity contribution in [1.82, 2.24) is 20.9 Å². The van der Waals surface area contributed by atoms with Crippen molar-refractivity contribution >= 4 is 17.8 Å². The number of nitrogens with zero attached hydrogens (tertiary/aromatic N) is 1. The van der Waals surface area contributed by atoms with Gasteiger partial charge in [-0.3, -0.25) is 14.5 Å². The van der Waals surface area contributed by atoms with Gasteiger partial charge in [-0.1, -0.05) is 13.3 Å². The zero-order valence-corrected chi connectivity index (χ0v) is 14.4. The summed E-state index contributed by atoms with van der Waals surface area (Å²) in [5.74, 6) is 0.155. The van der Waals surface area contributed by atoms with E-state index in [4.69, 9.17) is 0 Å². The van der Waals surface area contributed by atoms with Gasteiger partial charge in [-0.05, 0) is 51.0 Å². The van der Waals surface area contributed by atoms with Crippen LogP contribution in [0.4, 0.5) is 4.79 Å². The number of piperidine rings is 1. The average Bonchev–Trinajstić information content (AvgIpc) is 2.81. The van der Waals surface area contributed by atoms with Gasteiger partial charge in [0.2, 0.25) is 5.91 Å². The van der Waals surface area contributed by atoms with Crippen LogP contribution in [0.15, 0.2) is 0 Å². The molecule has 1 spiro atoms. The molecule has 0 bridgehead atoms. The Morgan fingerprint density at radius 3 is 2.67 bits per heavy atom. The van der Waals surface area contributed by atoms with Crippen LogP contribution in [0.2, 0.25) is 0 Å². The number of hydrogen-bond acceptors (Lipinski definition) is 4. The molecule has 7 nitrogen and oxygen atoms in total. The molecule has 1 unspecified atom stereocenters. The minimum absolute atomic E-state index is 0.0842. The Labute approximate surface area is 142 Å². The van der Waals surface area contributed by atoms with Crippen LogP contribution in [0.5, 0.6) is 0 Å². The predicted octanol–water partition coefficient (Wildman–Crippen LogP) is 0.745. The van der Waals surface area contributed by atoms with E-state index in [1.165, 1.54) is 0 Å². The Kier molecular flexibility index (Phi) is 5.08. The summed E-state index contributed by atoms with van der Waals surface area (Å²) in [6, 6.07) is -0.340. The normalized spacial score (nSPS) is 33.6. The number of imide groups is 1. The van der Waals surface area contributed by atoms with Crippen LogP contribution in [0.1, 0.15) is 51.9 Å². The molecule has 0 aromatic rings. The fraction of sp³-hybridized carbons (Fsp3) is 0.824. The van der Waals surface area contributed by atoms with Crippen LogP contribution in [0.3, 0.4) is 0 Å². The number of rotatable bonds is 4. The Bertz CT molecular complexity index is 508. The van der Waals surface area contributed by atoms with E-state index in [1.54, 1.807) is 0 Å². The van der Waals surface area contributed by atoms with Crippen molar-refractivity contribution in [3.63, 3.8) is 0 Å². The quantitative estimate of drug-likeness (QED) is 0.661. The highest BCUT2D eigenvalue weighted by Crippen LogP contribution is 2.37. The average molecular weight is 336 g/mol. The van der Waals surface area contributed by atoms with Crippen LogP contribution < -0.4 is 16.0 Å². The highest BCUT2D eigenvalue weighted by molar-refractivity contribution is 6.09. The van der Waals surface area contributed by atoms with Crippen LogP contribution in [0.25, 0.3) is 0 Å². The first-order chi connectivity index (χ1) is 11.5. The van der Waals surface area contributed by atoms with Gasteiger partial charge in [0.1, 0.15) is 12.1 Å². The molecule has 3 aliphatic rings. The number of nitrogens with one attached hydrogen (secondary N) is 3. The third-order valence-corrected chi connectivity index (χ3v) is 5.75. The molecule has 2 aliphatic heterocycles. The molecule has 2 heterocycles. The predicted molar refractivity (Wildman–Crippen MR) is 89.3 cm³/mol. The van der Waals surface area contributed by atoms with Gasteiger partial charge in [-0.25, -0.2) is 4.79 Å². The molecule has 3 fully saturated rings. The zero-order valence-electron chi connectivity index (χ0n) is 14.4. The molecule has 1 atom stereocenters. The molecule has 134 valence electrons. The van der Waals surface area contributed by atoms with Gasteiger partial charge >= 0.3 is 6.03 Å². The summed E-state index contributed by atoms with van der Waals surface area (Å²) in [6.45, 7) is 3.70. The molecule has 3 rings (SSSR count). The molecule has 0 aromatic carbocycles. The third-order valence-electron chi connectivity index (χ3n) is 5.75. The molecule has 1 saturated carbocycles. The van der Waals surface area contributed by atoms with E-state index in [-0.39, 0.29) is 24.4 Å². The first-order valence-corrected chi connectivity index (χ1v) is 9.18. The van der Waals surface area contributed by atoms with Gasteiger partial charge in [-0.2, -0.15) is 0 Å². The van der Waals surface area contributed by atoms with Crippen molar-refractivity contribution < 1.29 is 14.4 Å². The maximum Gasteiger partial charge on any atom is 0.325 e. The largest absolute Gasteiger partial charge is 0.351 e. The first-order valence-electron chi connectivity index (χ1n) is 9.18. The van der Waals surface area contributed by atoms with E-state index >= 15 is 0 Å². The number of amides is 4. The van der Waals surface area contributed by atoms with Crippen molar-refractivity contribution in [2.45, 2.75) is 63.5 Å². The monoisotopic (exact) mass is 336 g/mol. The van der Waals surface area contributed by atoms with Gasteiger partial charge in [0.25, 0.3) is 5.91 Å². The van der Waals surface area contributed by atoms with Crippen molar-refractivity contribution in [1.29, 1.82) is 0 Å². The smallest absolute Gasteiger partial charge is 0.325 e. The van der Waals surface area contributed by atoms with E-state index in [9.17, 15) is 14.4 Å². The van der Waals surface area contributed by atoms with Crippen LogP contribution in [-0.2, 0) is 9.59 Å². The lowest BCUT2D eigenvalue weighted by Crippen LogP contribution is -2.51. The van der Waals surface area contributed by atoms with Crippen LogP contribution >= 0.6 is 0 Å². The minimum Gasteiger partial charge on any atom is -0.351 e. The summed E-state index contributed by atoms with van der Waals surface area (Å²) in [5, 5.41) is 9.02. The summed E-state index contributed by atoms with van der Waals surface area (Å²) in [6.07, 6.45) is 6.34. The lowest BCUT2D eigenvalue weighted by molar-refractivity contribution is -0.136. The van der Waals surface area contributed by atoms with Gasteiger partial charge in [0.05, 0.1) is 0 Å². The lowest BCUT2D eigenvalue weighted by Gasteiger charge is -2.34. The summed E-state index contributed by atoms with van der Waals surface area (Å²) in [5.41, 5.74) is -0.768. The van der Waals surface area contributed by atoms with E-state index < -0.39 is 11.6 Å². The molecule has 7 heteroatoms. The molecule has 24 heavy (non-hydrogen) atoms. The molecular weight excluding hydrogens is 308 g/mol. The van der Waals surface area contributed by atoms with Gasteiger partial charge < -0.3 is 16.0 Å². The van der Waals surface area contributed by atoms with Crippen LogP contribution in [-0.4, -0.2) is 54.0 Å². The number of urea groups is 1. The Balaban J connectivity index is 1.57. The van der Waals surface area contributed by atoms with Crippen molar-refractivity contribution in [3.05, 3.63) is 0 Å². The molecule has 0 aromatic heterocycles. The minimum atomic E-state index is -0.768. The maximum atomic E-state index is 12.8. The van der Waals surface area contributed by atoms with Gasteiger partial charge in [-0.15, -0.1) is 0 Å². The first kappa shape index (κ1) is 17.2. The van der Waals surface area contributed by atoms with E-state index in [1.807, 2.05) is 0 Å². The summed E-state index contributed by atoms with van der Waals surface area (Å²) < 4.78 is 0. The summed E-state index contributed by atoms with van der Waals surface area (Å²) >= 11 is 0. The fourth-order valence-corrected chi connectivity index (χ4v) is 4.13. The van der Waals surface area contributed by atoms with E-state index in [0.29, 0.717) is 18.8 Å².